The van der Waals surface area contributed by atoms with Gasteiger partial charge in [0.25, 0.3) is 0 Å². The van der Waals surface area contributed by atoms with Crippen molar-refractivity contribution in [2.45, 2.75) is 44.9 Å². The topological polar surface area (TPSA) is 74.2 Å². The Labute approximate surface area is 165 Å². The van der Waals surface area contributed by atoms with Crippen LogP contribution in [0.2, 0.25) is 0 Å². The van der Waals surface area contributed by atoms with Crippen molar-refractivity contribution in [3.8, 4) is 5.75 Å². The molecular weight excluding hydrogens is 360 g/mol. The molecule has 0 aliphatic carbocycles. The molecule has 0 saturated carbocycles. The minimum absolute atomic E-state index is 0.0598. The Morgan fingerprint density at radius 1 is 1.14 bits per heavy atom. The highest BCUT2D eigenvalue weighted by Gasteiger charge is 2.29. The molecule has 0 aromatic heterocycles. The summed E-state index contributed by atoms with van der Waals surface area (Å²) in [5.74, 6) is 0.197. The van der Waals surface area contributed by atoms with Crippen molar-refractivity contribution in [1.29, 1.82) is 0 Å². The first kappa shape index (κ1) is 20.3. The van der Waals surface area contributed by atoms with E-state index >= 15 is 0 Å². The van der Waals surface area contributed by atoms with Crippen LogP contribution in [-0.2, 0) is 20.8 Å². The molecule has 3 atom stereocenters. The molecule has 2 aromatic carbocycles. The van der Waals surface area contributed by atoms with Gasteiger partial charge in [-0.05, 0) is 24.6 Å². The molecule has 2 aromatic rings. The van der Waals surface area contributed by atoms with E-state index < -0.39 is 24.5 Å². The molecule has 1 aliphatic rings. The van der Waals surface area contributed by atoms with Crippen LogP contribution < -0.4 is 4.74 Å². The highest BCUT2D eigenvalue weighted by molar-refractivity contribution is 5.91. The minimum atomic E-state index is -0.529. The second-order valence-corrected chi connectivity index (χ2v) is 6.85. The molecule has 6 heteroatoms. The number of aliphatic hydroxyl groups excluding tert-OH is 1. The largest absolute Gasteiger partial charge is 0.489 e. The van der Waals surface area contributed by atoms with Crippen LogP contribution in [0.1, 0.15) is 34.3 Å². The Morgan fingerprint density at radius 2 is 1.93 bits per heavy atom. The maximum absolute atomic E-state index is 12.5. The van der Waals surface area contributed by atoms with E-state index in [0.29, 0.717) is 30.8 Å². The van der Waals surface area contributed by atoms with Crippen molar-refractivity contribution in [1.82, 2.24) is 0 Å². The average molecular weight is 386 g/mol. The Balaban J connectivity index is 1.59. The number of benzene rings is 2. The number of ether oxygens (including phenoxy) is 4. The molecule has 1 N–H and O–H groups in total. The Bertz CT molecular complexity index is 776. The van der Waals surface area contributed by atoms with Gasteiger partial charge in [0.15, 0.2) is 6.29 Å². The molecule has 0 spiro atoms. The van der Waals surface area contributed by atoms with Gasteiger partial charge in [0.2, 0.25) is 0 Å². The van der Waals surface area contributed by atoms with E-state index in [4.69, 9.17) is 18.9 Å². The lowest BCUT2D eigenvalue weighted by Gasteiger charge is -2.31. The number of esters is 1. The third kappa shape index (κ3) is 5.32. The SMILES string of the molecule is COC1CC(O)CC(COC(=O)c2cccc(OCc3ccccc3)c2C)O1. The van der Waals surface area contributed by atoms with Crippen molar-refractivity contribution in [3.63, 3.8) is 0 Å². The zero-order valence-corrected chi connectivity index (χ0v) is 16.2. The van der Waals surface area contributed by atoms with Crippen LogP contribution in [0, 0.1) is 6.92 Å². The lowest BCUT2D eigenvalue weighted by Crippen LogP contribution is -2.39. The number of carbonyl (C=O) groups excluding carboxylic acids is 1. The first-order valence-electron chi connectivity index (χ1n) is 9.36. The van der Waals surface area contributed by atoms with Crippen molar-refractivity contribution in [2.24, 2.45) is 0 Å². The van der Waals surface area contributed by atoms with Gasteiger partial charge in [0.1, 0.15) is 19.0 Å². The molecule has 1 saturated heterocycles. The second kappa shape index (κ2) is 9.68. The van der Waals surface area contributed by atoms with Gasteiger partial charge >= 0.3 is 5.97 Å². The standard InChI is InChI=1S/C22H26O6/c1-15-19(9-6-10-20(15)26-13-16-7-4-3-5-8-16)22(24)27-14-18-11-17(23)12-21(25-2)28-18/h3-10,17-18,21,23H,11-14H2,1-2H3. The summed E-state index contributed by atoms with van der Waals surface area (Å²) in [5, 5.41) is 9.88. The first-order valence-corrected chi connectivity index (χ1v) is 9.36. The predicted molar refractivity (Wildman–Crippen MR) is 103 cm³/mol. The van der Waals surface area contributed by atoms with E-state index in [9.17, 15) is 9.90 Å². The van der Waals surface area contributed by atoms with Crippen molar-refractivity contribution >= 4 is 5.97 Å². The van der Waals surface area contributed by atoms with Gasteiger partial charge < -0.3 is 24.1 Å². The third-order valence-corrected chi connectivity index (χ3v) is 4.75. The van der Waals surface area contributed by atoms with Gasteiger partial charge in [-0.3, -0.25) is 0 Å². The molecule has 1 fully saturated rings. The number of rotatable bonds is 7. The monoisotopic (exact) mass is 386 g/mol. The fourth-order valence-electron chi connectivity index (χ4n) is 3.18. The van der Waals surface area contributed by atoms with Gasteiger partial charge in [-0.25, -0.2) is 4.79 Å². The molecule has 1 aliphatic heterocycles. The van der Waals surface area contributed by atoms with Gasteiger partial charge in [0, 0.05) is 25.5 Å². The molecule has 150 valence electrons. The number of aliphatic hydroxyl groups is 1. The molecule has 6 nitrogen and oxygen atoms in total. The fraction of sp³-hybridized carbons (Fsp3) is 0.409. The molecule has 28 heavy (non-hydrogen) atoms. The third-order valence-electron chi connectivity index (χ3n) is 4.75. The van der Waals surface area contributed by atoms with Crippen molar-refractivity contribution < 1.29 is 28.8 Å². The minimum Gasteiger partial charge on any atom is -0.489 e. The smallest absolute Gasteiger partial charge is 0.338 e. The Kier molecular flexibility index (Phi) is 7.03. The summed E-state index contributed by atoms with van der Waals surface area (Å²) in [6.45, 7) is 2.31. The summed E-state index contributed by atoms with van der Waals surface area (Å²) in [6.07, 6.45) is -0.578. The molecule has 3 unspecified atom stereocenters. The summed E-state index contributed by atoms with van der Waals surface area (Å²) in [7, 11) is 1.52. The summed E-state index contributed by atoms with van der Waals surface area (Å²) in [4.78, 5) is 12.5. The highest BCUT2D eigenvalue weighted by atomic mass is 16.7. The van der Waals surface area contributed by atoms with E-state index in [0.717, 1.165) is 11.1 Å². The van der Waals surface area contributed by atoms with Gasteiger partial charge in [-0.15, -0.1) is 0 Å². The average Bonchev–Trinajstić information content (AvgIpc) is 2.71. The van der Waals surface area contributed by atoms with Crippen LogP contribution in [0.3, 0.4) is 0 Å². The van der Waals surface area contributed by atoms with Crippen LogP contribution in [0.15, 0.2) is 48.5 Å². The Morgan fingerprint density at radius 3 is 2.68 bits per heavy atom. The maximum Gasteiger partial charge on any atom is 0.338 e. The molecular formula is C22H26O6. The molecule has 0 amide bonds. The summed E-state index contributed by atoms with van der Waals surface area (Å²) >= 11 is 0. The van der Waals surface area contributed by atoms with Crippen molar-refractivity contribution in [3.05, 3.63) is 65.2 Å². The van der Waals surface area contributed by atoms with Crippen LogP contribution >= 0.6 is 0 Å². The first-order chi connectivity index (χ1) is 13.6. The van der Waals surface area contributed by atoms with Gasteiger partial charge in [0.05, 0.1) is 17.8 Å². The lowest BCUT2D eigenvalue weighted by atomic mass is 10.1. The Hall–Kier alpha value is -2.41. The van der Waals surface area contributed by atoms with Gasteiger partial charge in [-0.1, -0.05) is 36.4 Å². The number of carbonyl (C=O) groups is 1. The summed E-state index contributed by atoms with van der Waals surface area (Å²) in [6, 6.07) is 15.1. The molecule has 1 heterocycles. The van der Waals surface area contributed by atoms with E-state index in [2.05, 4.69) is 0 Å². The summed E-state index contributed by atoms with van der Waals surface area (Å²) < 4.78 is 22.1. The number of hydrogen-bond acceptors (Lipinski definition) is 6. The summed E-state index contributed by atoms with van der Waals surface area (Å²) in [5.41, 5.74) is 2.23. The second-order valence-electron chi connectivity index (χ2n) is 6.85. The van der Waals surface area contributed by atoms with E-state index in [1.54, 1.807) is 12.1 Å². The van der Waals surface area contributed by atoms with Crippen LogP contribution in [0.25, 0.3) is 0 Å². The zero-order valence-electron chi connectivity index (χ0n) is 16.2. The quantitative estimate of drug-likeness (QED) is 0.737. The fourth-order valence-corrected chi connectivity index (χ4v) is 3.18. The van der Waals surface area contributed by atoms with E-state index in [-0.39, 0.29) is 6.61 Å². The van der Waals surface area contributed by atoms with Crippen LogP contribution in [0.4, 0.5) is 0 Å². The van der Waals surface area contributed by atoms with E-state index in [1.807, 2.05) is 43.3 Å². The van der Waals surface area contributed by atoms with Crippen molar-refractivity contribution in [2.75, 3.05) is 13.7 Å². The van der Waals surface area contributed by atoms with E-state index in [1.165, 1.54) is 7.11 Å². The maximum atomic E-state index is 12.5. The van der Waals surface area contributed by atoms with Gasteiger partial charge in [-0.2, -0.15) is 0 Å². The highest BCUT2D eigenvalue weighted by Crippen LogP contribution is 2.24. The van der Waals surface area contributed by atoms with Crippen LogP contribution in [0.5, 0.6) is 5.75 Å². The number of methoxy groups -OCH3 is 1. The molecule has 3 rings (SSSR count). The molecule has 0 bridgehead atoms. The lowest BCUT2D eigenvalue weighted by molar-refractivity contribution is -0.210. The zero-order chi connectivity index (χ0) is 19.9. The molecule has 0 radical (unpaired) electrons. The number of hydrogen-bond donors (Lipinski definition) is 1. The van der Waals surface area contributed by atoms with Crippen LogP contribution in [-0.4, -0.2) is 43.3 Å². The predicted octanol–water partition coefficient (Wildman–Crippen LogP) is 3.24. The normalized spacial score (nSPS) is 21.9.